The Morgan fingerprint density at radius 1 is 1.31 bits per heavy atom. The molecule has 0 aliphatic heterocycles. The van der Waals surface area contributed by atoms with Crippen molar-refractivity contribution >= 4 is 11.8 Å². The molecule has 0 amide bonds. The summed E-state index contributed by atoms with van der Waals surface area (Å²) in [5, 5.41) is 0. The summed E-state index contributed by atoms with van der Waals surface area (Å²) >= 11 is 1.84. The van der Waals surface area contributed by atoms with Crippen LogP contribution < -0.4 is 0 Å². The first-order valence-electron chi connectivity index (χ1n) is 5.00. The molecule has 1 rings (SSSR count). The van der Waals surface area contributed by atoms with Gasteiger partial charge in [0.15, 0.2) is 0 Å². The third-order valence-corrected chi connectivity index (χ3v) is 3.13. The van der Waals surface area contributed by atoms with Crippen LogP contribution in [0.15, 0.2) is 0 Å². The van der Waals surface area contributed by atoms with Crippen LogP contribution in [0.3, 0.4) is 0 Å². The first-order valence-corrected chi connectivity index (χ1v) is 6.39. The maximum atomic E-state index is 5.75. The van der Waals surface area contributed by atoms with Crippen LogP contribution in [0, 0.1) is 0 Å². The van der Waals surface area contributed by atoms with Crippen molar-refractivity contribution in [1.29, 1.82) is 0 Å². The van der Waals surface area contributed by atoms with Gasteiger partial charge in [-0.3, -0.25) is 0 Å². The molecular formula is C10H20O2S. The predicted molar refractivity (Wildman–Crippen MR) is 57.4 cm³/mol. The van der Waals surface area contributed by atoms with E-state index >= 15 is 0 Å². The summed E-state index contributed by atoms with van der Waals surface area (Å²) in [6.07, 6.45) is 7.77. The molecule has 1 aliphatic carbocycles. The minimum atomic E-state index is 0.438. The Labute approximate surface area is 85.4 Å². The number of thioether (sulfide) groups is 1. The zero-order valence-electron chi connectivity index (χ0n) is 8.62. The molecule has 2 atom stereocenters. The smallest absolute Gasteiger partial charge is 0.0600 e. The highest BCUT2D eigenvalue weighted by Gasteiger charge is 2.21. The number of rotatable bonds is 5. The lowest BCUT2D eigenvalue weighted by Crippen LogP contribution is -2.28. The molecule has 1 aliphatic rings. The monoisotopic (exact) mass is 204 g/mol. The van der Waals surface area contributed by atoms with E-state index in [0.717, 1.165) is 18.8 Å². The van der Waals surface area contributed by atoms with Gasteiger partial charge in [-0.05, 0) is 31.9 Å². The van der Waals surface area contributed by atoms with Gasteiger partial charge in [0.1, 0.15) is 0 Å². The Hall–Kier alpha value is 0.270. The molecule has 0 N–H and O–H groups in total. The van der Waals surface area contributed by atoms with E-state index in [4.69, 9.17) is 9.47 Å². The quantitative estimate of drug-likeness (QED) is 0.640. The topological polar surface area (TPSA) is 18.5 Å². The van der Waals surface area contributed by atoms with Gasteiger partial charge in [0.25, 0.3) is 0 Å². The minimum absolute atomic E-state index is 0.438. The number of methoxy groups -OCH3 is 1. The van der Waals surface area contributed by atoms with Crippen LogP contribution in [0.1, 0.15) is 25.7 Å². The average Bonchev–Trinajstić information content (AvgIpc) is 2.19. The Morgan fingerprint density at radius 2 is 2.08 bits per heavy atom. The van der Waals surface area contributed by atoms with Gasteiger partial charge in [0.05, 0.1) is 18.8 Å². The molecule has 0 aromatic carbocycles. The molecule has 78 valence electrons. The van der Waals surface area contributed by atoms with Crippen molar-refractivity contribution in [1.82, 2.24) is 0 Å². The fraction of sp³-hybridized carbons (Fsp3) is 1.00. The SMILES string of the molecule is COC1CCCC(OCCSC)C1. The number of hydrogen-bond acceptors (Lipinski definition) is 3. The Balaban J connectivity index is 2.11. The van der Waals surface area contributed by atoms with E-state index < -0.39 is 0 Å². The van der Waals surface area contributed by atoms with E-state index in [1.165, 1.54) is 19.3 Å². The third kappa shape index (κ3) is 4.34. The van der Waals surface area contributed by atoms with Crippen LogP contribution in [-0.2, 0) is 9.47 Å². The lowest BCUT2D eigenvalue weighted by molar-refractivity contribution is -0.0243. The molecular weight excluding hydrogens is 184 g/mol. The summed E-state index contributed by atoms with van der Waals surface area (Å²) in [5.74, 6) is 1.11. The normalized spacial score (nSPS) is 29.1. The summed E-state index contributed by atoms with van der Waals surface area (Å²) in [6.45, 7) is 0.891. The van der Waals surface area contributed by atoms with Crippen LogP contribution in [0.5, 0.6) is 0 Å². The van der Waals surface area contributed by atoms with Crippen molar-refractivity contribution < 1.29 is 9.47 Å². The van der Waals surface area contributed by atoms with Crippen LogP contribution >= 0.6 is 11.8 Å². The van der Waals surface area contributed by atoms with Crippen molar-refractivity contribution in [3.8, 4) is 0 Å². The van der Waals surface area contributed by atoms with E-state index in [0.29, 0.717) is 12.2 Å². The predicted octanol–water partition coefficient (Wildman–Crippen LogP) is 2.32. The van der Waals surface area contributed by atoms with Crippen LogP contribution in [-0.4, -0.2) is 37.9 Å². The van der Waals surface area contributed by atoms with Crippen molar-refractivity contribution in [2.24, 2.45) is 0 Å². The first-order chi connectivity index (χ1) is 6.36. The van der Waals surface area contributed by atoms with Gasteiger partial charge < -0.3 is 9.47 Å². The minimum Gasteiger partial charge on any atom is -0.381 e. The summed E-state index contributed by atoms with van der Waals surface area (Å²) in [6, 6.07) is 0. The lowest BCUT2D eigenvalue weighted by Gasteiger charge is -2.28. The van der Waals surface area contributed by atoms with E-state index in [1.54, 1.807) is 7.11 Å². The second-order valence-corrected chi connectivity index (χ2v) is 4.50. The Morgan fingerprint density at radius 3 is 2.77 bits per heavy atom. The van der Waals surface area contributed by atoms with Crippen molar-refractivity contribution in [3.05, 3.63) is 0 Å². The van der Waals surface area contributed by atoms with Gasteiger partial charge in [-0.15, -0.1) is 0 Å². The molecule has 0 saturated heterocycles. The van der Waals surface area contributed by atoms with Gasteiger partial charge >= 0.3 is 0 Å². The Bertz CT molecular complexity index is 130. The molecule has 0 heterocycles. The highest BCUT2D eigenvalue weighted by atomic mass is 32.2. The third-order valence-electron chi connectivity index (χ3n) is 2.55. The molecule has 2 unspecified atom stereocenters. The van der Waals surface area contributed by atoms with Gasteiger partial charge in [-0.1, -0.05) is 0 Å². The van der Waals surface area contributed by atoms with Gasteiger partial charge in [0, 0.05) is 12.9 Å². The standard InChI is InChI=1S/C10H20O2S/c1-11-9-4-3-5-10(8-9)12-6-7-13-2/h9-10H,3-8H2,1-2H3. The molecule has 2 nitrogen and oxygen atoms in total. The van der Waals surface area contributed by atoms with E-state index in [1.807, 2.05) is 11.8 Å². The zero-order valence-corrected chi connectivity index (χ0v) is 9.44. The average molecular weight is 204 g/mol. The first kappa shape index (κ1) is 11.3. The molecule has 13 heavy (non-hydrogen) atoms. The van der Waals surface area contributed by atoms with E-state index in [2.05, 4.69) is 6.26 Å². The van der Waals surface area contributed by atoms with Crippen LogP contribution in [0.4, 0.5) is 0 Å². The van der Waals surface area contributed by atoms with E-state index in [-0.39, 0.29) is 0 Å². The van der Waals surface area contributed by atoms with E-state index in [9.17, 15) is 0 Å². The number of hydrogen-bond donors (Lipinski definition) is 0. The number of ether oxygens (including phenoxy) is 2. The van der Waals surface area contributed by atoms with Crippen molar-refractivity contribution in [2.45, 2.75) is 37.9 Å². The summed E-state index contributed by atoms with van der Waals surface area (Å²) in [7, 11) is 1.80. The molecule has 1 saturated carbocycles. The highest BCUT2D eigenvalue weighted by Crippen LogP contribution is 2.22. The Kier molecular flexibility index (Phi) is 5.83. The molecule has 0 aromatic heterocycles. The van der Waals surface area contributed by atoms with Gasteiger partial charge in [-0.25, -0.2) is 0 Å². The zero-order chi connectivity index (χ0) is 9.52. The second-order valence-electron chi connectivity index (χ2n) is 3.51. The maximum absolute atomic E-state index is 5.75. The van der Waals surface area contributed by atoms with Crippen LogP contribution in [0.25, 0.3) is 0 Å². The molecule has 1 fully saturated rings. The molecule has 0 spiro atoms. The largest absolute Gasteiger partial charge is 0.381 e. The van der Waals surface area contributed by atoms with Gasteiger partial charge in [0.2, 0.25) is 0 Å². The van der Waals surface area contributed by atoms with Gasteiger partial charge in [-0.2, -0.15) is 11.8 Å². The summed E-state index contributed by atoms with van der Waals surface area (Å²) in [5.41, 5.74) is 0. The van der Waals surface area contributed by atoms with Crippen LogP contribution in [0.2, 0.25) is 0 Å². The summed E-state index contributed by atoms with van der Waals surface area (Å²) in [4.78, 5) is 0. The fourth-order valence-corrected chi connectivity index (χ4v) is 2.03. The summed E-state index contributed by atoms with van der Waals surface area (Å²) < 4.78 is 11.1. The highest BCUT2D eigenvalue weighted by molar-refractivity contribution is 7.98. The lowest BCUT2D eigenvalue weighted by atomic mass is 9.95. The maximum Gasteiger partial charge on any atom is 0.0600 e. The fourth-order valence-electron chi connectivity index (χ4n) is 1.77. The molecule has 0 bridgehead atoms. The molecule has 0 aromatic rings. The second kappa shape index (κ2) is 6.68. The molecule has 3 heteroatoms. The van der Waals surface area contributed by atoms with Crippen molar-refractivity contribution in [2.75, 3.05) is 25.7 Å². The van der Waals surface area contributed by atoms with Crippen molar-refractivity contribution in [3.63, 3.8) is 0 Å². The molecule has 0 radical (unpaired) electrons.